The number of halogens is 1. The van der Waals surface area contributed by atoms with Gasteiger partial charge in [0.1, 0.15) is 18.2 Å². The van der Waals surface area contributed by atoms with Crippen LogP contribution in [-0.4, -0.2) is 50.9 Å². The van der Waals surface area contributed by atoms with Gasteiger partial charge in [-0.25, -0.2) is 12.8 Å². The average Bonchev–Trinajstić information content (AvgIpc) is 2.74. The summed E-state index contributed by atoms with van der Waals surface area (Å²) in [6.07, 6.45) is 0. The highest BCUT2D eigenvalue weighted by Gasteiger charge is 2.35. The summed E-state index contributed by atoms with van der Waals surface area (Å²) < 4.78 is 47.5. The molecule has 140 valence electrons. The molecule has 0 saturated heterocycles. The summed E-state index contributed by atoms with van der Waals surface area (Å²) in [5.41, 5.74) is 1.84. The lowest BCUT2D eigenvalue weighted by molar-refractivity contribution is 0.184. The molecule has 1 atom stereocenters. The van der Waals surface area contributed by atoms with Crippen molar-refractivity contribution in [1.29, 1.82) is 0 Å². The Morgan fingerprint density at radius 2 is 2.00 bits per heavy atom. The van der Waals surface area contributed by atoms with Crippen molar-refractivity contribution < 1.29 is 17.5 Å². The molecule has 3 rings (SSSR count). The van der Waals surface area contributed by atoms with Crippen LogP contribution in [0, 0.1) is 12.7 Å². The largest absolute Gasteiger partial charge is 0.492 e. The van der Waals surface area contributed by atoms with Crippen molar-refractivity contribution in [3.63, 3.8) is 0 Å². The van der Waals surface area contributed by atoms with E-state index in [1.807, 2.05) is 44.1 Å². The Balaban J connectivity index is 2.06. The molecule has 2 aromatic rings. The van der Waals surface area contributed by atoms with Crippen LogP contribution < -0.4 is 4.74 Å². The molecule has 0 N–H and O–H groups in total. The first kappa shape index (κ1) is 18.8. The Morgan fingerprint density at radius 3 is 2.69 bits per heavy atom. The number of ether oxygens (including phenoxy) is 1. The fourth-order valence-electron chi connectivity index (χ4n) is 3.15. The first-order valence-electron chi connectivity index (χ1n) is 8.42. The number of sulfonamides is 1. The molecule has 1 aliphatic heterocycles. The summed E-state index contributed by atoms with van der Waals surface area (Å²) in [6.45, 7) is 2.88. The molecule has 5 nitrogen and oxygen atoms in total. The molecule has 0 radical (unpaired) electrons. The van der Waals surface area contributed by atoms with E-state index in [0.717, 1.165) is 17.2 Å². The quantitative estimate of drug-likeness (QED) is 0.821. The molecule has 1 heterocycles. The van der Waals surface area contributed by atoms with Crippen LogP contribution in [0.2, 0.25) is 0 Å². The van der Waals surface area contributed by atoms with Crippen LogP contribution in [-0.2, 0) is 16.6 Å². The minimum Gasteiger partial charge on any atom is -0.492 e. The normalized spacial score (nSPS) is 18.3. The van der Waals surface area contributed by atoms with E-state index < -0.39 is 15.8 Å². The van der Waals surface area contributed by atoms with Crippen LogP contribution >= 0.6 is 0 Å². The van der Waals surface area contributed by atoms with E-state index in [1.54, 1.807) is 0 Å². The maximum atomic E-state index is 13.6. The van der Waals surface area contributed by atoms with Gasteiger partial charge in [0.25, 0.3) is 0 Å². The zero-order chi connectivity index (χ0) is 18.9. The van der Waals surface area contributed by atoms with Crippen LogP contribution in [0.5, 0.6) is 5.75 Å². The molecule has 1 aliphatic rings. The van der Waals surface area contributed by atoms with Gasteiger partial charge < -0.3 is 9.64 Å². The van der Waals surface area contributed by atoms with Crippen LogP contribution in [0.15, 0.2) is 47.4 Å². The highest BCUT2D eigenvalue weighted by atomic mass is 32.2. The van der Waals surface area contributed by atoms with Crippen molar-refractivity contribution in [2.75, 3.05) is 27.2 Å². The average molecular weight is 378 g/mol. The third kappa shape index (κ3) is 3.90. The van der Waals surface area contributed by atoms with Crippen LogP contribution in [0.4, 0.5) is 4.39 Å². The Hall–Kier alpha value is -1.96. The molecular formula is C19H23FN2O3S. The number of nitrogens with zero attached hydrogens (tertiary/aromatic N) is 2. The lowest BCUT2D eigenvalue weighted by Gasteiger charge is -2.30. The number of likely N-dealkylation sites (N-methyl/N-ethyl adjacent to an activating group) is 1. The van der Waals surface area contributed by atoms with E-state index in [0.29, 0.717) is 12.3 Å². The molecule has 0 aliphatic carbocycles. The maximum Gasteiger partial charge on any atom is 0.243 e. The first-order chi connectivity index (χ1) is 12.3. The van der Waals surface area contributed by atoms with Gasteiger partial charge in [0, 0.05) is 18.7 Å². The number of fused-ring (bicyclic) bond motifs is 1. The highest BCUT2D eigenvalue weighted by Crippen LogP contribution is 2.30. The summed E-state index contributed by atoms with van der Waals surface area (Å²) in [5, 5.41) is 0. The van der Waals surface area contributed by atoms with Crippen molar-refractivity contribution in [3.8, 4) is 5.75 Å². The van der Waals surface area contributed by atoms with Gasteiger partial charge in [-0.2, -0.15) is 4.31 Å². The summed E-state index contributed by atoms with van der Waals surface area (Å²) in [5.74, 6) is 0.119. The Morgan fingerprint density at radius 1 is 1.23 bits per heavy atom. The summed E-state index contributed by atoms with van der Waals surface area (Å²) in [4.78, 5) is 1.88. The molecule has 0 fully saturated rings. The van der Waals surface area contributed by atoms with Gasteiger partial charge in [-0.3, -0.25) is 0 Å². The van der Waals surface area contributed by atoms with Crippen LogP contribution in [0.25, 0.3) is 0 Å². The Kier molecular flexibility index (Phi) is 5.32. The van der Waals surface area contributed by atoms with E-state index >= 15 is 0 Å². The molecule has 26 heavy (non-hydrogen) atoms. The van der Waals surface area contributed by atoms with Gasteiger partial charge in [-0.15, -0.1) is 0 Å². The Labute approximate surface area is 154 Å². The van der Waals surface area contributed by atoms with E-state index in [4.69, 9.17) is 4.74 Å². The number of hydrogen-bond acceptors (Lipinski definition) is 4. The Bertz CT molecular complexity index is 899. The zero-order valence-corrected chi connectivity index (χ0v) is 16.0. The number of aryl methyl sites for hydroxylation is 1. The maximum absolute atomic E-state index is 13.6. The monoisotopic (exact) mass is 378 g/mol. The van der Waals surface area contributed by atoms with E-state index in [2.05, 4.69) is 0 Å². The highest BCUT2D eigenvalue weighted by molar-refractivity contribution is 7.89. The lowest BCUT2D eigenvalue weighted by atomic mass is 10.1. The second kappa shape index (κ2) is 7.34. The number of rotatable bonds is 4. The number of benzene rings is 2. The lowest BCUT2D eigenvalue weighted by Crippen LogP contribution is -2.47. The minimum atomic E-state index is -3.87. The summed E-state index contributed by atoms with van der Waals surface area (Å²) in [7, 11) is -0.103. The van der Waals surface area contributed by atoms with E-state index in [9.17, 15) is 12.8 Å². The molecule has 0 bridgehead atoms. The van der Waals surface area contributed by atoms with Crippen molar-refractivity contribution in [2.45, 2.75) is 24.4 Å². The third-order valence-corrected chi connectivity index (χ3v) is 6.25. The van der Waals surface area contributed by atoms with E-state index in [1.165, 1.54) is 22.5 Å². The standard InChI is InChI=1S/C19H23FN2O3S/c1-14-7-8-19-15(9-14)11-22(17(13-25-19)12-21(2)3)26(23,24)18-6-4-5-16(20)10-18/h4-10,17H,11-13H2,1-3H3/t17-/m0/s1. The predicted octanol–water partition coefficient (Wildman–Crippen LogP) is 2.65. The molecule has 0 amide bonds. The van der Waals surface area contributed by atoms with Gasteiger partial charge in [0.15, 0.2) is 0 Å². The van der Waals surface area contributed by atoms with Crippen molar-refractivity contribution in [3.05, 3.63) is 59.4 Å². The SMILES string of the molecule is Cc1ccc2c(c1)CN(S(=O)(=O)c1cccc(F)c1)[C@@H](CN(C)C)CO2. The van der Waals surface area contributed by atoms with Gasteiger partial charge in [-0.1, -0.05) is 23.8 Å². The summed E-state index contributed by atoms with van der Waals surface area (Å²) in [6, 6.07) is 10.5. The van der Waals surface area contributed by atoms with Crippen molar-refractivity contribution in [2.24, 2.45) is 0 Å². The second-order valence-electron chi connectivity index (χ2n) is 6.85. The molecular weight excluding hydrogens is 355 g/mol. The van der Waals surface area contributed by atoms with Gasteiger partial charge in [-0.05, 0) is 45.3 Å². The van der Waals surface area contributed by atoms with Crippen molar-refractivity contribution >= 4 is 10.0 Å². The molecule has 2 aromatic carbocycles. The molecule has 0 unspecified atom stereocenters. The molecule has 7 heteroatoms. The van der Waals surface area contributed by atoms with Crippen LogP contribution in [0.3, 0.4) is 0 Å². The van der Waals surface area contributed by atoms with Crippen molar-refractivity contribution in [1.82, 2.24) is 9.21 Å². The van der Waals surface area contributed by atoms with Crippen LogP contribution in [0.1, 0.15) is 11.1 Å². The molecule has 0 spiro atoms. The minimum absolute atomic E-state index is 0.0441. The zero-order valence-electron chi connectivity index (χ0n) is 15.1. The molecule has 0 saturated carbocycles. The predicted molar refractivity (Wildman–Crippen MR) is 98.1 cm³/mol. The summed E-state index contributed by atoms with van der Waals surface area (Å²) >= 11 is 0. The number of hydrogen-bond donors (Lipinski definition) is 0. The van der Waals surface area contributed by atoms with E-state index in [-0.39, 0.29) is 24.1 Å². The third-order valence-electron chi connectivity index (χ3n) is 4.36. The fraction of sp³-hybridized carbons (Fsp3) is 0.368. The van der Waals surface area contributed by atoms with Gasteiger partial charge >= 0.3 is 0 Å². The van der Waals surface area contributed by atoms with Gasteiger partial charge in [0.05, 0.1) is 10.9 Å². The topological polar surface area (TPSA) is 49.9 Å². The fourth-order valence-corrected chi connectivity index (χ4v) is 4.76. The second-order valence-corrected chi connectivity index (χ2v) is 8.74. The molecule has 0 aromatic heterocycles. The van der Waals surface area contributed by atoms with Gasteiger partial charge in [0.2, 0.25) is 10.0 Å². The smallest absolute Gasteiger partial charge is 0.243 e. The first-order valence-corrected chi connectivity index (χ1v) is 9.86.